The van der Waals surface area contributed by atoms with E-state index in [4.69, 9.17) is 4.74 Å². The van der Waals surface area contributed by atoms with E-state index >= 15 is 0 Å². The summed E-state index contributed by atoms with van der Waals surface area (Å²) in [6.45, 7) is 8.79. The Kier molecular flexibility index (Phi) is 3.36. The van der Waals surface area contributed by atoms with Gasteiger partial charge in [-0.25, -0.2) is 0 Å². The molecule has 2 aromatic carbocycles. The van der Waals surface area contributed by atoms with Crippen LogP contribution in [0.15, 0.2) is 54.6 Å². The molecule has 0 spiro atoms. The van der Waals surface area contributed by atoms with E-state index < -0.39 is 0 Å². The molecule has 0 aliphatic carbocycles. The molecule has 0 saturated carbocycles. The minimum Gasteiger partial charge on any atom is -0.480 e. The number of allylic oxidation sites excluding steroid dienone is 1. The molecule has 1 aliphatic rings. The Bertz CT molecular complexity index is 672. The second-order valence-corrected chi connectivity index (χ2v) is 6.61. The molecule has 2 aromatic rings. The topological polar surface area (TPSA) is 9.23 Å². The summed E-state index contributed by atoms with van der Waals surface area (Å²) in [4.78, 5) is 0. The van der Waals surface area contributed by atoms with Crippen molar-refractivity contribution >= 4 is 5.57 Å². The summed E-state index contributed by atoms with van der Waals surface area (Å²) in [5.74, 6) is 0.982. The molecule has 1 atom stereocenters. The summed E-state index contributed by atoms with van der Waals surface area (Å²) in [6, 6.07) is 17.1. The van der Waals surface area contributed by atoms with Crippen molar-refractivity contribution in [1.29, 1.82) is 0 Å². The highest BCUT2D eigenvalue weighted by atomic mass is 16.5. The first-order chi connectivity index (χ1) is 10.0. The fraction of sp³-hybridized carbons (Fsp3) is 0.300. The van der Waals surface area contributed by atoms with E-state index in [1.165, 1.54) is 22.3 Å². The van der Waals surface area contributed by atoms with Gasteiger partial charge in [-0.15, -0.1) is 0 Å². The van der Waals surface area contributed by atoms with Gasteiger partial charge in [-0.05, 0) is 29.5 Å². The van der Waals surface area contributed by atoms with Crippen LogP contribution in [0, 0.1) is 0 Å². The molecule has 108 valence electrons. The Morgan fingerprint density at radius 2 is 1.62 bits per heavy atom. The highest BCUT2D eigenvalue weighted by molar-refractivity contribution is 5.78. The monoisotopic (exact) mass is 278 g/mol. The van der Waals surface area contributed by atoms with Crippen LogP contribution in [-0.2, 0) is 5.41 Å². The van der Waals surface area contributed by atoms with E-state index in [0.717, 1.165) is 5.75 Å². The van der Waals surface area contributed by atoms with Gasteiger partial charge in [0, 0.05) is 11.1 Å². The zero-order valence-corrected chi connectivity index (χ0v) is 13.2. The predicted molar refractivity (Wildman–Crippen MR) is 88.6 cm³/mol. The van der Waals surface area contributed by atoms with Crippen LogP contribution in [0.5, 0.6) is 5.75 Å². The van der Waals surface area contributed by atoms with E-state index in [1.54, 1.807) is 0 Å². The Balaban J connectivity index is 1.96. The molecule has 1 unspecified atom stereocenters. The molecule has 1 nitrogen and oxygen atoms in total. The molecular formula is C20H22O. The quantitative estimate of drug-likeness (QED) is 0.667. The zero-order valence-electron chi connectivity index (χ0n) is 13.2. The highest BCUT2D eigenvalue weighted by Gasteiger charge is 2.29. The normalized spacial score (nSPS) is 19.4. The van der Waals surface area contributed by atoms with Gasteiger partial charge in [-0.2, -0.15) is 0 Å². The van der Waals surface area contributed by atoms with E-state index in [9.17, 15) is 0 Å². The summed E-state index contributed by atoms with van der Waals surface area (Å²) in [7, 11) is 0. The third kappa shape index (κ3) is 2.49. The fourth-order valence-electron chi connectivity index (χ4n) is 2.85. The lowest BCUT2D eigenvalue weighted by atomic mass is 9.86. The van der Waals surface area contributed by atoms with Gasteiger partial charge in [0.25, 0.3) is 0 Å². The van der Waals surface area contributed by atoms with Crippen LogP contribution in [-0.4, -0.2) is 0 Å². The lowest BCUT2D eigenvalue weighted by Crippen LogP contribution is -2.11. The maximum absolute atomic E-state index is 6.15. The van der Waals surface area contributed by atoms with Crippen molar-refractivity contribution in [2.75, 3.05) is 0 Å². The third-order valence-electron chi connectivity index (χ3n) is 4.12. The largest absolute Gasteiger partial charge is 0.480 e. The number of hydrogen-bond donors (Lipinski definition) is 0. The molecule has 0 saturated heterocycles. The van der Waals surface area contributed by atoms with Gasteiger partial charge in [-0.3, -0.25) is 0 Å². The van der Waals surface area contributed by atoms with Crippen LogP contribution >= 0.6 is 0 Å². The van der Waals surface area contributed by atoms with Crippen molar-refractivity contribution in [2.45, 2.75) is 39.2 Å². The molecular weight excluding hydrogens is 256 g/mol. The first-order valence-corrected chi connectivity index (χ1v) is 7.53. The maximum atomic E-state index is 6.15. The summed E-state index contributed by atoms with van der Waals surface area (Å²) >= 11 is 0. The SMILES string of the molecule is C/C=C1\c2ccccc2OC1c1ccc(C(C)(C)C)cc1. The molecule has 3 rings (SSSR count). The number of rotatable bonds is 1. The van der Waals surface area contributed by atoms with Crippen molar-refractivity contribution in [2.24, 2.45) is 0 Å². The smallest absolute Gasteiger partial charge is 0.149 e. The van der Waals surface area contributed by atoms with Crippen LogP contribution in [0.2, 0.25) is 0 Å². The Morgan fingerprint density at radius 1 is 0.952 bits per heavy atom. The Labute approximate surface area is 127 Å². The van der Waals surface area contributed by atoms with Crippen molar-refractivity contribution in [3.8, 4) is 5.75 Å². The van der Waals surface area contributed by atoms with Crippen LogP contribution in [0.4, 0.5) is 0 Å². The van der Waals surface area contributed by atoms with Crippen LogP contribution < -0.4 is 4.74 Å². The van der Waals surface area contributed by atoms with Gasteiger partial charge in [0.2, 0.25) is 0 Å². The minimum atomic E-state index is 0.0152. The highest BCUT2D eigenvalue weighted by Crippen LogP contribution is 2.45. The van der Waals surface area contributed by atoms with E-state index in [0.29, 0.717) is 0 Å². The van der Waals surface area contributed by atoms with E-state index in [1.807, 2.05) is 12.1 Å². The standard InChI is InChI=1S/C20H22O/c1-5-16-17-8-6-7-9-18(17)21-19(16)14-10-12-15(13-11-14)20(2,3)4/h5-13,19H,1-4H3/b16-5+. The molecule has 21 heavy (non-hydrogen) atoms. The molecule has 0 amide bonds. The van der Waals surface area contributed by atoms with Crippen molar-refractivity contribution < 1.29 is 4.74 Å². The number of benzene rings is 2. The molecule has 1 heterocycles. The Morgan fingerprint density at radius 3 is 2.24 bits per heavy atom. The van der Waals surface area contributed by atoms with Gasteiger partial charge in [0.05, 0.1) is 0 Å². The minimum absolute atomic E-state index is 0.0152. The van der Waals surface area contributed by atoms with Gasteiger partial charge in [-0.1, -0.05) is 69.3 Å². The van der Waals surface area contributed by atoms with E-state index in [2.05, 4.69) is 70.2 Å². The van der Waals surface area contributed by atoms with E-state index in [-0.39, 0.29) is 11.5 Å². The van der Waals surface area contributed by atoms with Crippen LogP contribution in [0.1, 0.15) is 50.5 Å². The second-order valence-electron chi connectivity index (χ2n) is 6.61. The summed E-state index contributed by atoms with van der Waals surface area (Å²) in [6.07, 6.45) is 2.18. The predicted octanol–water partition coefficient (Wildman–Crippen LogP) is 5.52. The second kappa shape index (κ2) is 5.07. The molecule has 1 heteroatoms. The molecule has 0 aromatic heterocycles. The van der Waals surface area contributed by atoms with Crippen molar-refractivity contribution in [3.63, 3.8) is 0 Å². The first-order valence-electron chi connectivity index (χ1n) is 7.53. The number of hydrogen-bond acceptors (Lipinski definition) is 1. The van der Waals surface area contributed by atoms with Gasteiger partial charge >= 0.3 is 0 Å². The first kappa shape index (κ1) is 13.9. The molecule has 0 fully saturated rings. The van der Waals surface area contributed by atoms with Crippen LogP contribution in [0.25, 0.3) is 5.57 Å². The van der Waals surface area contributed by atoms with Crippen LogP contribution in [0.3, 0.4) is 0 Å². The van der Waals surface area contributed by atoms with Gasteiger partial charge < -0.3 is 4.74 Å². The molecule has 0 N–H and O–H groups in total. The summed E-state index contributed by atoms with van der Waals surface area (Å²) in [5.41, 5.74) is 5.22. The zero-order chi connectivity index (χ0) is 15.0. The summed E-state index contributed by atoms with van der Waals surface area (Å²) < 4.78 is 6.15. The van der Waals surface area contributed by atoms with Gasteiger partial charge in [0.1, 0.15) is 11.9 Å². The average Bonchev–Trinajstić information content (AvgIpc) is 2.85. The molecule has 1 aliphatic heterocycles. The number of para-hydroxylation sites is 1. The van der Waals surface area contributed by atoms with Crippen molar-refractivity contribution in [1.82, 2.24) is 0 Å². The third-order valence-corrected chi connectivity index (χ3v) is 4.12. The summed E-state index contributed by atoms with van der Waals surface area (Å²) in [5, 5.41) is 0. The lowest BCUT2D eigenvalue weighted by molar-refractivity contribution is 0.283. The van der Waals surface area contributed by atoms with Crippen molar-refractivity contribution in [3.05, 3.63) is 71.3 Å². The fourth-order valence-corrected chi connectivity index (χ4v) is 2.85. The Hall–Kier alpha value is -2.02. The average molecular weight is 278 g/mol. The van der Waals surface area contributed by atoms with Gasteiger partial charge in [0.15, 0.2) is 0 Å². The number of ether oxygens (including phenoxy) is 1. The lowest BCUT2D eigenvalue weighted by Gasteiger charge is -2.20. The maximum Gasteiger partial charge on any atom is 0.149 e. The number of fused-ring (bicyclic) bond motifs is 1. The molecule has 0 bridgehead atoms. The molecule has 0 radical (unpaired) electrons.